The van der Waals surface area contributed by atoms with Crippen LogP contribution in [-0.2, 0) is 0 Å². The molecule has 0 radical (unpaired) electrons. The van der Waals surface area contributed by atoms with Gasteiger partial charge in [-0.3, -0.25) is 4.79 Å². The molecule has 0 saturated heterocycles. The summed E-state index contributed by atoms with van der Waals surface area (Å²) in [5.74, 6) is -2.23. The third kappa shape index (κ3) is 2.54. The molecule has 0 bridgehead atoms. The third-order valence-corrected chi connectivity index (χ3v) is 2.85. The van der Waals surface area contributed by atoms with Gasteiger partial charge in [-0.25, -0.2) is 8.78 Å². The molecule has 2 aromatic carbocycles. The number of hydrogen-bond donors (Lipinski definition) is 3. The molecule has 2 aromatic rings. The van der Waals surface area contributed by atoms with E-state index in [4.69, 9.17) is 11.5 Å². The Morgan fingerprint density at radius 3 is 2.55 bits per heavy atom. The van der Waals surface area contributed by atoms with Gasteiger partial charge in [-0.1, -0.05) is 6.07 Å². The Labute approximate surface area is 114 Å². The zero-order valence-electron chi connectivity index (χ0n) is 10.7. The van der Waals surface area contributed by atoms with E-state index >= 15 is 0 Å². The number of primary amides is 1. The van der Waals surface area contributed by atoms with Gasteiger partial charge in [0.25, 0.3) is 5.91 Å². The Balaban J connectivity index is 2.51. The Morgan fingerprint density at radius 1 is 1.20 bits per heavy atom. The highest BCUT2D eigenvalue weighted by Crippen LogP contribution is 2.28. The first-order valence-corrected chi connectivity index (χ1v) is 5.81. The molecule has 0 saturated carbocycles. The summed E-state index contributed by atoms with van der Waals surface area (Å²) in [6, 6.07) is 6.75. The molecule has 1 amide bonds. The number of anilines is 3. The van der Waals surface area contributed by atoms with Crippen molar-refractivity contribution in [3.63, 3.8) is 0 Å². The predicted molar refractivity (Wildman–Crippen MR) is 73.8 cm³/mol. The number of nitrogens with two attached hydrogens (primary N) is 2. The molecule has 0 aromatic heterocycles. The van der Waals surface area contributed by atoms with Crippen LogP contribution in [0.15, 0.2) is 30.3 Å². The molecule has 104 valence electrons. The fraction of sp³-hybridized carbons (Fsp3) is 0.0714. The number of halogens is 2. The Hall–Kier alpha value is -2.63. The summed E-state index contributed by atoms with van der Waals surface area (Å²) in [7, 11) is 0. The summed E-state index contributed by atoms with van der Waals surface area (Å²) in [5, 5.41) is 2.55. The van der Waals surface area contributed by atoms with Crippen molar-refractivity contribution >= 4 is 23.0 Å². The van der Waals surface area contributed by atoms with Crippen molar-refractivity contribution in [2.45, 2.75) is 6.92 Å². The number of amides is 1. The second kappa shape index (κ2) is 5.16. The lowest BCUT2D eigenvalue weighted by molar-refractivity contribution is 0.100. The van der Waals surface area contributed by atoms with Crippen molar-refractivity contribution < 1.29 is 13.6 Å². The van der Waals surface area contributed by atoms with E-state index in [2.05, 4.69) is 5.32 Å². The number of rotatable bonds is 3. The second-order valence-corrected chi connectivity index (χ2v) is 4.35. The van der Waals surface area contributed by atoms with Crippen LogP contribution in [-0.4, -0.2) is 5.91 Å². The summed E-state index contributed by atoms with van der Waals surface area (Å²) in [6.07, 6.45) is 0. The average Bonchev–Trinajstić information content (AvgIpc) is 2.40. The van der Waals surface area contributed by atoms with Crippen molar-refractivity contribution in [3.05, 3.63) is 53.1 Å². The first kappa shape index (κ1) is 13.8. The number of carbonyl (C=O) groups is 1. The van der Waals surface area contributed by atoms with Gasteiger partial charge < -0.3 is 16.8 Å². The summed E-state index contributed by atoms with van der Waals surface area (Å²) >= 11 is 0. The molecule has 0 atom stereocenters. The minimum atomic E-state index is -0.764. The molecule has 2 rings (SSSR count). The summed E-state index contributed by atoms with van der Waals surface area (Å²) < 4.78 is 27.6. The lowest BCUT2D eigenvalue weighted by Crippen LogP contribution is -2.14. The molecule has 5 N–H and O–H groups in total. The number of hydrogen-bond acceptors (Lipinski definition) is 3. The molecule has 0 spiro atoms. The first-order valence-electron chi connectivity index (χ1n) is 5.81. The maximum Gasteiger partial charge on any atom is 0.250 e. The van der Waals surface area contributed by atoms with E-state index < -0.39 is 17.5 Å². The smallest absolute Gasteiger partial charge is 0.250 e. The maximum atomic E-state index is 13.9. The minimum absolute atomic E-state index is 0.0605. The number of carbonyl (C=O) groups excluding carboxylic acids is 1. The highest BCUT2D eigenvalue weighted by molar-refractivity contribution is 6.00. The fourth-order valence-electron chi connectivity index (χ4n) is 1.78. The van der Waals surface area contributed by atoms with E-state index in [1.54, 1.807) is 0 Å². The van der Waals surface area contributed by atoms with Gasteiger partial charge in [0.05, 0.1) is 11.3 Å². The number of benzene rings is 2. The third-order valence-electron chi connectivity index (χ3n) is 2.85. The normalized spacial score (nSPS) is 10.3. The van der Waals surface area contributed by atoms with Crippen molar-refractivity contribution in [1.82, 2.24) is 0 Å². The SMILES string of the molecule is Cc1ccc(F)c(Nc2ccc(N)cc2C(N)=O)c1F. The van der Waals surface area contributed by atoms with Gasteiger partial charge in [-0.2, -0.15) is 0 Å². The molecule has 0 aliphatic rings. The summed E-state index contributed by atoms with van der Waals surface area (Å²) in [6.45, 7) is 1.51. The highest BCUT2D eigenvalue weighted by atomic mass is 19.1. The molecular weight excluding hydrogens is 264 g/mol. The highest BCUT2D eigenvalue weighted by Gasteiger charge is 2.15. The molecule has 6 heteroatoms. The first-order chi connectivity index (χ1) is 9.40. The lowest BCUT2D eigenvalue weighted by atomic mass is 10.1. The fourth-order valence-corrected chi connectivity index (χ4v) is 1.78. The number of nitrogen functional groups attached to an aromatic ring is 1. The maximum absolute atomic E-state index is 13.9. The van der Waals surface area contributed by atoms with Crippen LogP contribution in [0.3, 0.4) is 0 Å². The largest absolute Gasteiger partial charge is 0.399 e. The van der Waals surface area contributed by atoms with E-state index in [9.17, 15) is 13.6 Å². The zero-order chi connectivity index (χ0) is 14.9. The van der Waals surface area contributed by atoms with Crippen LogP contribution >= 0.6 is 0 Å². The van der Waals surface area contributed by atoms with Crippen LogP contribution in [0.4, 0.5) is 25.8 Å². The predicted octanol–water partition coefficient (Wildman–Crippen LogP) is 2.70. The average molecular weight is 277 g/mol. The van der Waals surface area contributed by atoms with E-state index in [-0.39, 0.29) is 22.5 Å². The molecule has 0 unspecified atom stereocenters. The van der Waals surface area contributed by atoms with E-state index in [0.29, 0.717) is 5.69 Å². The Bertz CT molecular complexity index is 686. The van der Waals surface area contributed by atoms with Gasteiger partial charge in [0.15, 0.2) is 5.82 Å². The molecule has 0 heterocycles. The van der Waals surface area contributed by atoms with E-state index in [0.717, 1.165) is 6.07 Å². The van der Waals surface area contributed by atoms with Crippen molar-refractivity contribution in [2.75, 3.05) is 11.1 Å². The Morgan fingerprint density at radius 2 is 1.90 bits per heavy atom. The second-order valence-electron chi connectivity index (χ2n) is 4.35. The molecule has 0 fully saturated rings. The van der Waals surface area contributed by atoms with E-state index in [1.165, 1.54) is 31.2 Å². The van der Waals surface area contributed by atoms with Crippen LogP contribution in [0.5, 0.6) is 0 Å². The number of aryl methyl sites for hydroxylation is 1. The topological polar surface area (TPSA) is 81.1 Å². The standard InChI is InChI=1S/C14H13F2N3O/c1-7-2-4-10(15)13(12(7)16)19-11-5-3-8(17)6-9(11)14(18)20/h2-6,19H,17H2,1H3,(H2,18,20). The molecule has 4 nitrogen and oxygen atoms in total. The molecular formula is C14H13F2N3O. The van der Waals surface area contributed by atoms with Crippen LogP contribution in [0, 0.1) is 18.6 Å². The van der Waals surface area contributed by atoms with Crippen LogP contribution in [0.1, 0.15) is 15.9 Å². The molecule has 0 aliphatic heterocycles. The van der Waals surface area contributed by atoms with Crippen LogP contribution < -0.4 is 16.8 Å². The van der Waals surface area contributed by atoms with Crippen molar-refractivity contribution in [2.24, 2.45) is 5.73 Å². The molecule has 20 heavy (non-hydrogen) atoms. The van der Waals surface area contributed by atoms with E-state index in [1.807, 2.05) is 0 Å². The van der Waals surface area contributed by atoms with Crippen LogP contribution in [0.25, 0.3) is 0 Å². The Kier molecular flexibility index (Phi) is 3.56. The number of nitrogens with one attached hydrogen (secondary N) is 1. The van der Waals surface area contributed by atoms with Crippen molar-refractivity contribution in [1.29, 1.82) is 0 Å². The summed E-state index contributed by atoms with van der Waals surface area (Å²) in [5.41, 5.74) is 11.3. The zero-order valence-corrected chi connectivity index (χ0v) is 10.7. The van der Waals surface area contributed by atoms with Gasteiger partial charge in [0.2, 0.25) is 0 Å². The van der Waals surface area contributed by atoms with Gasteiger partial charge in [-0.15, -0.1) is 0 Å². The van der Waals surface area contributed by atoms with Gasteiger partial charge in [0.1, 0.15) is 11.5 Å². The lowest BCUT2D eigenvalue weighted by Gasteiger charge is -2.13. The van der Waals surface area contributed by atoms with Gasteiger partial charge in [-0.05, 0) is 36.8 Å². The van der Waals surface area contributed by atoms with Gasteiger partial charge in [0, 0.05) is 5.69 Å². The van der Waals surface area contributed by atoms with Crippen LogP contribution in [0.2, 0.25) is 0 Å². The quantitative estimate of drug-likeness (QED) is 0.754. The van der Waals surface area contributed by atoms with Crippen molar-refractivity contribution in [3.8, 4) is 0 Å². The summed E-state index contributed by atoms with van der Waals surface area (Å²) in [4.78, 5) is 11.3. The monoisotopic (exact) mass is 277 g/mol. The van der Waals surface area contributed by atoms with Gasteiger partial charge >= 0.3 is 0 Å². The minimum Gasteiger partial charge on any atom is -0.399 e. The molecule has 0 aliphatic carbocycles.